The summed E-state index contributed by atoms with van der Waals surface area (Å²) in [5, 5.41) is 5.50. The Morgan fingerprint density at radius 2 is 2.04 bits per heavy atom. The van der Waals surface area contributed by atoms with Gasteiger partial charge in [-0.05, 0) is 48.4 Å². The van der Waals surface area contributed by atoms with E-state index < -0.39 is 0 Å². The van der Waals surface area contributed by atoms with Crippen molar-refractivity contribution in [2.75, 3.05) is 11.9 Å². The zero-order chi connectivity index (χ0) is 18.3. The molecule has 26 heavy (non-hydrogen) atoms. The monoisotopic (exact) mass is 389 g/mol. The van der Waals surface area contributed by atoms with E-state index in [1.165, 1.54) is 22.7 Å². The fraction of sp³-hybridized carbons (Fsp3) is 0.300. The van der Waals surface area contributed by atoms with Crippen molar-refractivity contribution in [3.8, 4) is 0 Å². The molecule has 3 heterocycles. The standard InChI is InChI=1S/C18H15ClFN3S.C2H6/c19-10-1-3-14-13(7-10)12-5-6-23(9-16(12)21-14)18-22-15-4-2-11(20)8-17(15)24-18;1-2/h1-4,7-8,18,21-22H,5-6,9H2;1-2H3. The van der Waals surface area contributed by atoms with Crippen molar-refractivity contribution in [1.29, 1.82) is 0 Å². The molecular weight excluding hydrogens is 369 g/mol. The first-order valence-electron chi connectivity index (χ1n) is 8.93. The molecule has 2 N–H and O–H groups in total. The molecule has 0 amide bonds. The van der Waals surface area contributed by atoms with Gasteiger partial charge in [0.05, 0.1) is 0 Å². The quantitative estimate of drug-likeness (QED) is 0.547. The maximum atomic E-state index is 13.4. The molecule has 1 unspecified atom stereocenters. The van der Waals surface area contributed by atoms with Crippen LogP contribution in [0.3, 0.4) is 0 Å². The van der Waals surface area contributed by atoms with E-state index in [0.29, 0.717) is 0 Å². The Balaban J connectivity index is 0.000000814. The van der Waals surface area contributed by atoms with Gasteiger partial charge in [-0.25, -0.2) is 4.39 Å². The molecule has 136 valence electrons. The molecule has 3 nitrogen and oxygen atoms in total. The molecule has 2 aromatic carbocycles. The fourth-order valence-corrected chi connectivity index (χ4v) is 4.96. The van der Waals surface area contributed by atoms with Crippen LogP contribution < -0.4 is 5.32 Å². The van der Waals surface area contributed by atoms with Crippen LogP contribution >= 0.6 is 23.4 Å². The fourth-order valence-electron chi connectivity index (χ4n) is 3.60. The smallest absolute Gasteiger partial charge is 0.133 e. The molecule has 0 bridgehead atoms. The number of nitrogens with one attached hydrogen (secondary N) is 2. The molecule has 1 aromatic heterocycles. The molecule has 2 aliphatic rings. The predicted octanol–water partition coefficient (Wildman–Crippen LogP) is 5.85. The van der Waals surface area contributed by atoms with E-state index in [0.717, 1.165) is 40.6 Å². The van der Waals surface area contributed by atoms with Gasteiger partial charge in [0.2, 0.25) is 0 Å². The average molecular weight is 390 g/mol. The SMILES string of the molecule is CC.Fc1ccc2c(c1)SC(N1CCc3c([nH]c4ccc(Cl)cc34)C1)N2. The highest BCUT2D eigenvalue weighted by Gasteiger charge is 2.31. The molecule has 2 aliphatic heterocycles. The Bertz CT molecular complexity index is 956. The van der Waals surface area contributed by atoms with Crippen LogP contribution in [0.5, 0.6) is 0 Å². The summed E-state index contributed by atoms with van der Waals surface area (Å²) in [5.74, 6) is -0.183. The summed E-state index contributed by atoms with van der Waals surface area (Å²) < 4.78 is 13.4. The Morgan fingerprint density at radius 1 is 1.19 bits per heavy atom. The van der Waals surface area contributed by atoms with Crippen LogP contribution in [0.1, 0.15) is 25.1 Å². The number of rotatable bonds is 1. The van der Waals surface area contributed by atoms with Gasteiger partial charge in [0.25, 0.3) is 0 Å². The summed E-state index contributed by atoms with van der Waals surface area (Å²) in [5.41, 5.74) is 4.92. The van der Waals surface area contributed by atoms with Crippen LogP contribution in [0.15, 0.2) is 41.3 Å². The number of hydrogen-bond donors (Lipinski definition) is 2. The minimum Gasteiger partial charge on any atom is -0.360 e. The van der Waals surface area contributed by atoms with E-state index in [1.54, 1.807) is 17.8 Å². The number of benzene rings is 2. The number of anilines is 1. The van der Waals surface area contributed by atoms with E-state index in [9.17, 15) is 4.39 Å². The Labute approximate surface area is 161 Å². The van der Waals surface area contributed by atoms with Crippen LogP contribution in [0.25, 0.3) is 10.9 Å². The van der Waals surface area contributed by atoms with Gasteiger partial charge in [0.1, 0.15) is 11.3 Å². The summed E-state index contributed by atoms with van der Waals surface area (Å²) in [7, 11) is 0. The third-order valence-electron chi connectivity index (χ3n) is 4.76. The van der Waals surface area contributed by atoms with Crippen LogP contribution in [-0.4, -0.2) is 21.9 Å². The number of thioether (sulfide) groups is 1. The number of H-pyrrole nitrogens is 1. The van der Waals surface area contributed by atoms with Gasteiger partial charge in [-0.15, -0.1) is 0 Å². The summed E-state index contributed by atoms with van der Waals surface area (Å²) in [6, 6.07) is 10.9. The largest absolute Gasteiger partial charge is 0.360 e. The second kappa shape index (κ2) is 7.14. The van der Waals surface area contributed by atoms with Gasteiger partial charge in [-0.1, -0.05) is 37.2 Å². The lowest BCUT2D eigenvalue weighted by Gasteiger charge is -2.31. The first kappa shape index (κ1) is 17.7. The maximum absolute atomic E-state index is 13.4. The Kier molecular flexibility index (Phi) is 4.86. The van der Waals surface area contributed by atoms with Gasteiger partial charge in [0, 0.05) is 45.3 Å². The summed E-state index contributed by atoms with van der Waals surface area (Å²) in [6.07, 6.45) is 0.985. The predicted molar refractivity (Wildman–Crippen MR) is 108 cm³/mol. The maximum Gasteiger partial charge on any atom is 0.133 e. The van der Waals surface area contributed by atoms with Crippen LogP contribution in [-0.2, 0) is 13.0 Å². The van der Waals surface area contributed by atoms with Gasteiger partial charge >= 0.3 is 0 Å². The molecule has 3 aromatic rings. The van der Waals surface area contributed by atoms with E-state index in [4.69, 9.17) is 11.6 Å². The van der Waals surface area contributed by atoms with Crippen LogP contribution in [0.4, 0.5) is 10.1 Å². The lowest BCUT2D eigenvalue weighted by atomic mass is 10.0. The Morgan fingerprint density at radius 3 is 2.88 bits per heavy atom. The van der Waals surface area contributed by atoms with Crippen molar-refractivity contribution in [1.82, 2.24) is 9.88 Å². The van der Waals surface area contributed by atoms with E-state index >= 15 is 0 Å². The van der Waals surface area contributed by atoms with Crippen LogP contribution in [0, 0.1) is 5.82 Å². The first-order chi connectivity index (χ1) is 12.7. The van der Waals surface area contributed by atoms with Gasteiger partial charge < -0.3 is 10.3 Å². The van der Waals surface area contributed by atoms with Crippen molar-refractivity contribution in [3.05, 3.63) is 58.5 Å². The van der Waals surface area contributed by atoms with Gasteiger partial charge in [0.15, 0.2) is 0 Å². The molecule has 0 aliphatic carbocycles. The van der Waals surface area contributed by atoms with Gasteiger partial charge in [-0.3, -0.25) is 4.90 Å². The zero-order valence-electron chi connectivity index (χ0n) is 14.8. The van der Waals surface area contributed by atoms with Crippen molar-refractivity contribution in [2.45, 2.75) is 37.2 Å². The molecule has 0 spiro atoms. The molecule has 0 radical (unpaired) electrons. The Hall–Kier alpha value is -1.69. The van der Waals surface area contributed by atoms with Crippen molar-refractivity contribution >= 4 is 40.0 Å². The van der Waals surface area contributed by atoms with E-state index in [-0.39, 0.29) is 11.3 Å². The summed E-state index contributed by atoms with van der Waals surface area (Å²) in [4.78, 5) is 6.90. The first-order valence-corrected chi connectivity index (χ1v) is 10.2. The number of aromatic amines is 1. The lowest BCUT2D eigenvalue weighted by Crippen LogP contribution is -2.40. The normalized spacial score (nSPS) is 18.7. The minimum atomic E-state index is -0.183. The van der Waals surface area contributed by atoms with Crippen molar-refractivity contribution in [2.24, 2.45) is 0 Å². The third kappa shape index (κ3) is 3.08. The second-order valence-electron chi connectivity index (χ2n) is 6.25. The molecule has 6 heteroatoms. The molecular formula is C20H21ClFN3S. The summed E-state index contributed by atoms with van der Waals surface area (Å²) >= 11 is 7.83. The highest BCUT2D eigenvalue weighted by atomic mass is 35.5. The molecule has 0 fully saturated rings. The average Bonchev–Trinajstić information content (AvgIpc) is 3.23. The number of halogens is 2. The summed E-state index contributed by atoms with van der Waals surface area (Å²) in [6.45, 7) is 5.82. The highest BCUT2D eigenvalue weighted by Crippen LogP contribution is 2.41. The van der Waals surface area contributed by atoms with E-state index in [1.807, 2.05) is 38.1 Å². The highest BCUT2D eigenvalue weighted by molar-refractivity contribution is 8.00. The third-order valence-corrected chi connectivity index (χ3v) is 6.23. The topological polar surface area (TPSA) is 31.1 Å². The number of nitrogens with zero attached hydrogens (tertiary/aromatic N) is 1. The zero-order valence-corrected chi connectivity index (χ0v) is 16.3. The number of aromatic nitrogens is 1. The molecule has 1 atom stereocenters. The number of hydrogen-bond acceptors (Lipinski definition) is 3. The lowest BCUT2D eigenvalue weighted by molar-refractivity contribution is 0.251. The minimum absolute atomic E-state index is 0.143. The number of fused-ring (bicyclic) bond motifs is 4. The van der Waals surface area contributed by atoms with Crippen molar-refractivity contribution < 1.29 is 4.39 Å². The second-order valence-corrected chi connectivity index (χ2v) is 7.81. The molecule has 0 saturated carbocycles. The van der Waals surface area contributed by atoms with Crippen LogP contribution in [0.2, 0.25) is 5.02 Å². The van der Waals surface area contributed by atoms with Gasteiger partial charge in [-0.2, -0.15) is 0 Å². The van der Waals surface area contributed by atoms with Crippen molar-refractivity contribution in [3.63, 3.8) is 0 Å². The van der Waals surface area contributed by atoms with E-state index in [2.05, 4.69) is 15.2 Å². The molecule has 5 rings (SSSR count). The molecule has 0 saturated heterocycles.